The first kappa shape index (κ1) is 12.6. The molecule has 0 aliphatic rings. The molecule has 3 N–H and O–H groups in total. The maximum atomic E-state index is 6.05. The SMILES string of the molecule is CC.Cc1[nH]c(N)nc1-c1ccccc1Cl. The molecule has 1 aromatic heterocycles. The molecule has 0 unspecified atom stereocenters. The summed E-state index contributed by atoms with van der Waals surface area (Å²) in [5.41, 5.74) is 8.20. The summed E-state index contributed by atoms with van der Waals surface area (Å²) >= 11 is 6.05. The number of H-pyrrole nitrogens is 1. The smallest absolute Gasteiger partial charge is 0.198 e. The monoisotopic (exact) mass is 237 g/mol. The van der Waals surface area contributed by atoms with Crippen molar-refractivity contribution in [3.05, 3.63) is 35.0 Å². The second-order valence-corrected chi connectivity index (χ2v) is 3.48. The van der Waals surface area contributed by atoms with Crippen LogP contribution in [0, 0.1) is 6.92 Å². The first-order valence-corrected chi connectivity index (χ1v) is 5.63. The fourth-order valence-corrected chi connectivity index (χ4v) is 1.62. The zero-order chi connectivity index (χ0) is 12.1. The van der Waals surface area contributed by atoms with Crippen molar-refractivity contribution in [1.82, 2.24) is 9.97 Å². The zero-order valence-electron chi connectivity index (χ0n) is 9.71. The van der Waals surface area contributed by atoms with E-state index < -0.39 is 0 Å². The topological polar surface area (TPSA) is 54.7 Å². The number of aryl methyl sites for hydroxylation is 1. The minimum atomic E-state index is 0.414. The number of nitrogens with zero attached hydrogens (tertiary/aromatic N) is 1. The lowest BCUT2D eigenvalue weighted by Gasteiger charge is -2.00. The number of anilines is 1. The van der Waals surface area contributed by atoms with Gasteiger partial charge < -0.3 is 10.7 Å². The highest BCUT2D eigenvalue weighted by atomic mass is 35.5. The second kappa shape index (κ2) is 5.56. The molecule has 0 spiro atoms. The lowest BCUT2D eigenvalue weighted by molar-refractivity contribution is 1.26. The minimum absolute atomic E-state index is 0.414. The third kappa shape index (κ3) is 2.55. The van der Waals surface area contributed by atoms with Gasteiger partial charge in [-0.3, -0.25) is 0 Å². The number of nitrogens with two attached hydrogens (primary N) is 1. The van der Waals surface area contributed by atoms with Crippen molar-refractivity contribution in [2.45, 2.75) is 20.8 Å². The quantitative estimate of drug-likeness (QED) is 0.796. The maximum absolute atomic E-state index is 6.05. The average Bonchev–Trinajstić information content (AvgIpc) is 2.61. The van der Waals surface area contributed by atoms with Crippen LogP contribution in [0.1, 0.15) is 19.5 Å². The highest BCUT2D eigenvalue weighted by Crippen LogP contribution is 2.28. The molecule has 2 aromatic rings. The van der Waals surface area contributed by atoms with E-state index in [1.165, 1.54) is 0 Å². The molecule has 0 atom stereocenters. The number of benzene rings is 1. The number of aromatic amines is 1. The van der Waals surface area contributed by atoms with Gasteiger partial charge in [0.25, 0.3) is 0 Å². The Labute approximate surface area is 101 Å². The minimum Gasteiger partial charge on any atom is -0.369 e. The number of aromatic nitrogens is 2. The Kier molecular flexibility index (Phi) is 4.38. The Bertz CT molecular complexity index is 463. The predicted octanol–water partition coefficient (Wildman–Crippen LogP) is 3.65. The van der Waals surface area contributed by atoms with Crippen molar-refractivity contribution in [1.29, 1.82) is 0 Å². The molecule has 16 heavy (non-hydrogen) atoms. The average molecular weight is 238 g/mol. The van der Waals surface area contributed by atoms with Crippen molar-refractivity contribution in [2.75, 3.05) is 5.73 Å². The van der Waals surface area contributed by atoms with Gasteiger partial charge in [-0.15, -0.1) is 0 Å². The largest absolute Gasteiger partial charge is 0.369 e. The van der Waals surface area contributed by atoms with Gasteiger partial charge >= 0.3 is 0 Å². The fraction of sp³-hybridized carbons (Fsp3) is 0.250. The van der Waals surface area contributed by atoms with Crippen LogP contribution < -0.4 is 5.73 Å². The summed E-state index contributed by atoms with van der Waals surface area (Å²) in [6.45, 7) is 5.92. The number of hydrogen-bond donors (Lipinski definition) is 2. The Hall–Kier alpha value is -1.48. The van der Waals surface area contributed by atoms with Gasteiger partial charge in [-0.1, -0.05) is 43.6 Å². The molecule has 4 heteroatoms. The van der Waals surface area contributed by atoms with Crippen LogP contribution in [0.5, 0.6) is 0 Å². The molecule has 1 aromatic carbocycles. The Morgan fingerprint density at radius 2 is 1.88 bits per heavy atom. The number of rotatable bonds is 1. The van der Waals surface area contributed by atoms with Gasteiger partial charge in [-0.25, -0.2) is 4.98 Å². The first-order chi connectivity index (χ1) is 7.68. The van der Waals surface area contributed by atoms with Gasteiger partial charge in [0.15, 0.2) is 5.95 Å². The van der Waals surface area contributed by atoms with E-state index in [2.05, 4.69) is 9.97 Å². The van der Waals surface area contributed by atoms with E-state index in [0.717, 1.165) is 17.0 Å². The van der Waals surface area contributed by atoms with Crippen molar-refractivity contribution in [3.63, 3.8) is 0 Å². The number of halogens is 1. The van der Waals surface area contributed by atoms with E-state index in [-0.39, 0.29) is 0 Å². The van der Waals surface area contributed by atoms with Crippen molar-refractivity contribution in [3.8, 4) is 11.3 Å². The van der Waals surface area contributed by atoms with Crippen LogP contribution >= 0.6 is 11.6 Å². The van der Waals surface area contributed by atoms with Crippen LogP contribution in [0.4, 0.5) is 5.95 Å². The van der Waals surface area contributed by atoms with Gasteiger partial charge in [-0.2, -0.15) is 0 Å². The van der Waals surface area contributed by atoms with Gasteiger partial charge in [0.05, 0.1) is 10.7 Å². The van der Waals surface area contributed by atoms with Gasteiger partial charge in [0, 0.05) is 11.3 Å². The van der Waals surface area contributed by atoms with Crippen molar-refractivity contribution >= 4 is 17.5 Å². The van der Waals surface area contributed by atoms with Crippen LogP contribution in [0.2, 0.25) is 5.02 Å². The molecule has 0 aliphatic carbocycles. The van der Waals surface area contributed by atoms with Gasteiger partial charge in [0.1, 0.15) is 0 Å². The molecule has 0 radical (unpaired) electrons. The molecule has 86 valence electrons. The third-order valence-electron chi connectivity index (χ3n) is 2.03. The van der Waals surface area contributed by atoms with Crippen LogP contribution in [-0.4, -0.2) is 9.97 Å². The highest BCUT2D eigenvalue weighted by Gasteiger charge is 2.09. The number of imidazole rings is 1. The summed E-state index contributed by atoms with van der Waals surface area (Å²) < 4.78 is 0. The second-order valence-electron chi connectivity index (χ2n) is 3.08. The first-order valence-electron chi connectivity index (χ1n) is 5.25. The zero-order valence-corrected chi connectivity index (χ0v) is 10.5. The molecule has 0 bridgehead atoms. The van der Waals surface area contributed by atoms with Crippen LogP contribution in [-0.2, 0) is 0 Å². The Balaban J connectivity index is 0.000000606. The number of nitrogens with one attached hydrogen (secondary N) is 1. The summed E-state index contributed by atoms with van der Waals surface area (Å²) in [4.78, 5) is 7.12. The Morgan fingerprint density at radius 3 is 2.38 bits per heavy atom. The standard InChI is InChI=1S/C10H10ClN3.C2H6/c1-6-9(14-10(12)13-6)7-4-2-3-5-8(7)11;1-2/h2-5H,1H3,(H3,12,13,14);1-2H3. The van der Waals surface area contributed by atoms with E-state index in [0.29, 0.717) is 11.0 Å². The van der Waals surface area contributed by atoms with Crippen LogP contribution in [0.3, 0.4) is 0 Å². The van der Waals surface area contributed by atoms with E-state index >= 15 is 0 Å². The molecule has 3 nitrogen and oxygen atoms in total. The van der Waals surface area contributed by atoms with E-state index in [1.54, 1.807) is 0 Å². The Morgan fingerprint density at radius 1 is 1.25 bits per heavy atom. The van der Waals surface area contributed by atoms with E-state index in [1.807, 2.05) is 45.0 Å². The highest BCUT2D eigenvalue weighted by molar-refractivity contribution is 6.33. The molecule has 0 aliphatic heterocycles. The summed E-state index contributed by atoms with van der Waals surface area (Å²) in [7, 11) is 0. The summed E-state index contributed by atoms with van der Waals surface area (Å²) in [6, 6.07) is 7.56. The van der Waals surface area contributed by atoms with Gasteiger partial charge in [0.2, 0.25) is 0 Å². The lowest BCUT2D eigenvalue weighted by atomic mass is 10.1. The molecular weight excluding hydrogens is 222 g/mol. The molecule has 0 saturated carbocycles. The molecular formula is C12H16ClN3. The molecule has 0 amide bonds. The third-order valence-corrected chi connectivity index (χ3v) is 2.36. The molecule has 2 rings (SSSR count). The van der Waals surface area contributed by atoms with E-state index in [9.17, 15) is 0 Å². The molecule has 0 saturated heterocycles. The summed E-state index contributed by atoms with van der Waals surface area (Å²) in [5, 5.41) is 0.683. The lowest BCUT2D eigenvalue weighted by Crippen LogP contribution is -1.85. The predicted molar refractivity (Wildman–Crippen MR) is 69.5 cm³/mol. The van der Waals surface area contributed by atoms with Crippen molar-refractivity contribution in [2.24, 2.45) is 0 Å². The van der Waals surface area contributed by atoms with E-state index in [4.69, 9.17) is 17.3 Å². The normalized spacial score (nSPS) is 9.50. The summed E-state index contributed by atoms with van der Waals surface area (Å²) in [6.07, 6.45) is 0. The van der Waals surface area contributed by atoms with Crippen LogP contribution in [0.25, 0.3) is 11.3 Å². The van der Waals surface area contributed by atoms with Crippen molar-refractivity contribution < 1.29 is 0 Å². The fourth-order valence-electron chi connectivity index (χ4n) is 1.40. The summed E-state index contributed by atoms with van der Waals surface area (Å²) in [5.74, 6) is 0.414. The number of nitrogen functional groups attached to an aromatic ring is 1. The number of hydrogen-bond acceptors (Lipinski definition) is 2. The molecule has 0 fully saturated rings. The molecule has 1 heterocycles. The maximum Gasteiger partial charge on any atom is 0.198 e. The van der Waals surface area contributed by atoms with Gasteiger partial charge in [-0.05, 0) is 13.0 Å². The van der Waals surface area contributed by atoms with Crippen LogP contribution in [0.15, 0.2) is 24.3 Å².